The Bertz CT molecular complexity index is 1070. The van der Waals surface area contributed by atoms with Crippen LogP contribution in [0.3, 0.4) is 0 Å². The average molecular weight is 430 g/mol. The minimum atomic E-state index is -0.267. The third kappa shape index (κ3) is 5.68. The molecule has 0 radical (unpaired) electrons. The highest BCUT2D eigenvalue weighted by Crippen LogP contribution is 2.20. The summed E-state index contributed by atoms with van der Waals surface area (Å²) in [6.45, 7) is 3.37. The van der Waals surface area contributed by atoms with Crippen molar-refractivity contribution in [2.45, 2.75) is 13.8 Å². The van der Waals surface area contributed by atoms with Crippen molar-refractivity contribution in [2.24, 2.45) is 0 Å². The third-order valence-electron chi connectivity index (χ3n) is 5.15. The molecule has 4 rings (SSSR count). The van der Waals surface area contributed by atoms with Gasteiger partial charge in [0.25, 0.3) is 5.91 Å². The number of nitrogens with one attached hydrogen (secondary N) is 1. The van der Waals surface area contributed by atoms with E-state index in [4.69, 9.17) is 15.0 Å². The number of rotatable bonds is 6. The van der Waals surface area contributed by atoms with Crippen LogP contribution < -0.4 is 10.2 Å². The van der Waals surface area contributed by atoms with Crippen molar-refractivity contribution in [3.05, 3.63) is 77.7 Å². The highest BCUT2D eigenvalue weighted by Gasteiger charge is 2.11. The Morgan fingerprint density at radius 1 is 1.06 bits per heavy atom. The number of anilines is 1. The molecule has 1 aromatic heterocycles. The molecule has 0 bridgehead atoms. The maximum atomic E-state index is 11.9. The van der Waals surface area contributed by atoms with Gasteiger partial charge in [-0.15, -0.1) is 0 Å². The SMILES string of the molecule is C.N#CCNC(=O)c1ccc(-c2ccnc(Cc3ccc(N4CCOCC4)cc3)n2)cc1. The normalized spacial score (nSPS) is 13.0. The smallest absolute Gasteiger partial charge is 0.252 e. The fourth-order valence-electron chi connectivity index (χ4n) is 3.49. The maximum Gasteiger partial charge on any atom is 0.252 e. The van der Waals surface area contributed by atoms with Crippen LogP contribution in [0.15, 0.2) is 60.8 Å². The largest absolute Gasteiger partial charge is 0.378 e. The van der Waals surface area contributed by atoms with Crippen LogP contribution in [0.1, 0.15) is 29.2 Å². The molecule has 3 aromatic rings. The maximum absolute atomic E-state index is 11.9. The number of amides is 1. The highest BCUT2D eigenvalue weighted by molar-refractivity contribution is 5.94. The number of morpholine rings is 1. The van der Waals surface area contributed by atoms with Crippen molar-refractivity contribution in [1.82, 2.24) is 15.3 Å². The lowest BCUT2D eigenvalue weighted by Crippen LogP contribution is -2.36. The van der Waals surface area contributed by atoms with Crippen molar-refractivity contribution in [3.63, 3.8) is 0 Å². The van der Waals surface area contributed by atoms with E-state index in [0.29, 0.717) is 12.0 Å². The molecule has 1 aliphatic rings. The molecule has 2 heterocycles. The van der Waals surface area contributed by atoms with Crippen LogP contribution in [-0.2, 0) is 11.2 Å². The van der Waals surface area contributed by atoms with Crippen LogP contribution in [-0.4, -0.2) is 48.7 Å². The summed E-state index contributed by atoms with van der Waals surface area (Å²) in [6.07, 6.45) is 2.40. The lowest BCUT2D eigenvalue weighted by atomic mass is 10.1. The molecule has 0 aliphatic carbocycles. The lowest BCUT2D eigenvalue weighted by Gasteiger charge is -2.28. The van der Waals surface area contributed by atoms with Gasteiger partial charge in [-0.05, 0) is 35.9 Å². The third-order valence-corrected chi connectivity index (χ3v) is 5.15. The van der Waals surface area contributed by atoms with E-state index in [2.05, 4.69) is 39.5 Å². The van der Waals surface area contributed by atoms with Crippen molar-refractivity contribution in [1.29, 1.82) is 5.26 Å². The average Bonchev–Trinajstić information content (AvgIpc) is 2.84. The van der Waals surface area contributed by atoms with E-state index >= 15 is 0 Å². The van der Waals surface area contributed by atoms with Crippen LogP contribution in [0, 0.1) is 11.3 Å². The number of nitriles is 1. The Balaban J connectivity index is 0.00000289. The Hall–Kier alpha value is -3.76. The van der Waals surface area contributed by atoms with Gasteiger partial charge >= 0.3 is 0 Å². The second-order valence-electron chi connectivity index (χ2n) is 7.22. The van der Waals surface area contributed by atoms with Crippen molar-refractivity contribution >= 4 is 11.6 Å². The molecule has 32 heavy (non-hydrogen) atoms. The number of aromatic nitrogens is 2. The van der Waals surface area contributed by atoms with Gasteiger partial charge in [0, 0.05) is 42.5 Å². The van der Waals surface area contributed by atoms with Crippen LogP contribution in [0.25, 0.3) is 11.3 Å². The van der Waals surface area contributed by atoms with E-state index < -0.39 is 0 Å². The van der Waals surface area contributed by atoms with Crippen molar-refractivity contribution < 1.29 is 9.53 Å². The summed E-state index contributed by atoms with van der Waals surface area (Å²) in [4.78, 5) is 23.4. The second-order valence-corrected chi connectivity index (χ2v) is 7.22. The summed E-state index contributed by atoms with van der Waals surface area (Å²) in [5.41, 5.74) is 4.58. The molecule has 1 N–H and O–H groups in total. The zero-order valence-electron chi connectivity index (χ0n) is 17.1. The van der Waals surface area contributed by atoms with E-state index in [1.165, 1.54) is 5.69 Å². The van der Waals surface area contributed by atoms with E-state index in [1.54, 1.807) is 18.3 Å². The second kappa shape index (κ2) is 11.0. The van der Waals surface area contributed by atoms with Gasteiger partial charge in [-0.25, -0.2) is 9.97 Å². The molecule has 0 atom stereocenters. The first kappa shape index (κ1) is 22.9. The van der Waals surface area contributed by atoms with E-state index in [1.807, 2.05) is 24.3 Å². The van der Waals surface area contributed by atoms with Gasteiger partial charge in [0.15, 0.2) is 0 Å². The van der Waals surface area contributed by atoms with Crippen LogP contribution >= 0.6 is 0 Å². The number of benzene rings is 2. The minimum absolute atomic E-state index is 0. The fraction of sp³-hybridized carbons (Fsp3) is 0.280. The number of nitrogens with zero attached hydrogens (tertiary/aromatic N) is 4. The van der Waals surface area contributed by atoms with Gasteiger partial charge in [-0.2, -0.15) is 5.26 Å². The highest BCUT2D eigenvalue weighted by atomic mass is 16.5. The fourth-order valence-corrected chi connectivity index (χ4v) is 3.49. The van der Waals surface area contributed by atoms with E-state index in [-0.39, 0.29) is 19.9 Å². The van der Waals surface area contributed by atoms with Gasteiger partial charge in [-0.3, -0.25) is 4.79 Å². The first-order valence-electron chi connectivity index (χ1n) is 10.2. The predicted molar refractivity (Wildman–Crippen MR) is 124 cm³/mol. The summed E-state index contributed by atoms with van der Waals surface area (Å²) in [5, 5.41) is 11.1. The van der Waals surface area contributed by atoms with Gasteiger partial charge in [0.2, 0.25) is 0 Å². The standard InChI is InChI=1S/C24H23N5O2.CH4/c25-10-12-27-24(30)20-5-3-19(4-6-20)22-9-11-26-23(28-22)17-18-1-7-21(8-2-18)29-13-15-31-16-14-29;/h1-9,11H,12-17H2,(H,27,30);1H4. The monoisotopic (exact) mass is 429 g/mol. The summed E-state index contributed by atoms with van der Waals surface area (Å²) in [5.74, 6) is 0.476. The molecule has 1 fully saturated rings. The van der Waals surface area contributed by atoms with E-state index in [9.17, 15) is 4.79 Å². The summed E-state index contributed by atoms with van der Waals surface area (Å²) in [6, 6.07) is 19.4. The topological polar surface area (TPSA) is 91.1 Å². The Morgan fingerprint density at radius 3 is 2.47 bits per heavy atom. The number of hydrogen-bond donors (Lipinski definition) is 1. The lowest BCUT2D eigenvalue weighted by molar-refractivity contribution is 0.0958. The Labute approximate surface area is 188 Å². The molecule has 0 spiro atoms. The molecule has 7 heteroatoms. The Kier molecular flexibility index (Phi) is 7.90. The number of carbonyl (C=O) groups is 1. The molecule has 0 unspecified atom stereocenters. The van der Waals surface area contributed by atoms with Crippen LogP contribution in [0.4, 0.5) is 5.69 Å². The van der Waals surface area contributed by atoms with Crippen molar-refractivity contribution in [2.75, 3.05) is 37.7 Å². The summed E-state index contributed by atoms with van der Waals surface area (Å²) in [7, 11) is 0. The summed E-state index contributed by atoms with van der Waals surface area (Å²) < 4.78 is 5.42. The van der Waals surface area contributed by atoms with Crippen molar-refractivity contribution in [3.8, 4) is 17.3 Å². The number of carbonyl (C=O) groups excluding carboxylic acids is 1. The van der Waals surface area contributed by atoms with Gasteiger partial charge in [0.05, 0.1) is 25.0 Å². The Morgan fingerprint density at radius 2 is 1.78 bits per heavy atom. The predicted octanol–water partition coefficient (Wildman–Crippen LogP) is 3.46. The molecule has 1 aliphatic heterocycles. The summed E-state index contributed by atoms with van der Waals surface area (Å²) >= 11 is 0. The zero-order valence-corrected chi connectivity index (χ0v) is 17.1. The molecular weight excluding hydrogens is 402 g/mol. The zero-order chi connectivity index (χ0) is 21.5. The van der Waals surface area contributed by atoms with E-state index in [0.717, 1.165) is 48.9 Å². The molecule has 1 amide bonds. The first-order chi connectivity index (χ1) is 15.2. The first-order valence-corrected chi connectivity index (χ1v) is 10.2. The van der Waals surface area contributed by atoms with Gasteiger partial charge in [-0.1, -0.05) is 31.7 Å². The number of hydrogen-bond acceptors (Lipinski definition) is 6. The van der Waals surface area contributed by atoms with Gasteiger partial charge in [0.1, 0.15) is 12.4 Å². The number of ether oxygens (including phenoxy) is 1. The molecule has 7 nitrogen and oxygen atoms in total. The molecule has 2 aromatic carbocycles. The van der Waals surface area contributed by atoms with Gasteiger partial charge < -0.3 is 15.0 Å². The minimum Gasteiger partial charge on any atom is -0.378 e. The van der Waals surface area contributed by atoms with Crippen LogP contribution in [0.5, 0.6) is 0 Å². The molecular formula is C25H27N5O2. The quantitative estimate of drug-likeness (QED) is 0.604. The molecule has 164 valence electrons. The van der Waals surface area contributed by atoms with Crippen LogP contribution in [0.2, 0.25) is 0 Å². The molecule has 1 saturated heterocycles. The molecule has 0 saturated carbocycles.